The van der Waals surface area contributed by atoms with E-state index in [0.29, 0.717) is 41.4 Å². The van der Waals surface area contributed by atoms with Crippen LogP contribution >= 0.6 is 0 Å². The number of amides is 4. The van der Waals surface area contributed by atoms with Gasteiger partial charge in [0, 0.05) is 49.6 Å². The number of likely N-dealkylation sites (N-methyl/N-ethyl adjacent to an activating group) is 1. The number of anilines is 2. The quantitative estimate of drug-likeness (QED) is 0.299. The summed E-state index contributed by atoms with van der Waals surface area (Å²) < 4.78 is 12.6. The van der Waals surface area contributed by atoms with Crippen LogP contribution < -0.4 is 15.4 Å². The summed E-state index contributed by atoms with van der Waals surface area (Å²) in [6, 6.07) is 22.4. The number of hydrogen-bond acceptors (Lipinski definition) is 6. The Kier molecular flexibility index (Phi) is 12.6. The van der Waals surface area contributed by atoms with E-state index >= 15 is 0 Å². The molecule has 1 aliphatic heterocycles. The van der Waals surface area contributed by atoms with E-state index in [0.717, 1.165) is 19.3 Å². The number of aliphatic hydroxyl groups excluding tert-OH is 1. The molecule has 0 spiro atoms. The van der Waals surface area contributed by atoms with Crippen LogP contribution in [-0.2, 0) is 4.74 Å². The van der Waals surface area contributed by atoms with Crippen molar-refractivity contribution >= 4 is 29.2 Å². The second-order valence-electron chi connectivity index (χ2n) is 12.0. The summed E-state index contributed by atoms with van der Waals surface area (Å²) in [7, 11) is 1.72. The van der Waals surface area contributed by atoms with Gasteiger partial charge in [0.1, 0.15) is 5.75 Å². The Balaban J connectivity index is 1.60. The molecule has 1 heterocycles. The van der Waals surface area contributed by atoms with Crippen molar-refractivity contribution in [1.82, 2.24) is 9.80 Å². The van der Waals surface area contributed by atoms with Crippen molar-refractivity contribution in [1.29, 1.82) is 0 Å². The Labute approximate surface area is 271 Å². The first-order chi connectivity index (χ1) is 22.2. The first-order valence-corrected chi connectivity index (χ1v) is 15.9. The number of carbonyl (C=O) groups is 3. The van der Waals surface area contributed by atoms with Crippen molar-refractivity contribution < 1.29 is 29.0 Å². The lowest BCUT2D eigenvalue weighted by Crippen LogP contribution is -2.48. The van der Waals surface area contributed by atoms with Gasteiger partial charge in [-0.05, 0) is 75.6 Å². The number of fused-ring (bicyclic) bond motifs is 1. The number of nitrogens with zero attached hydrogens (tertiary/aromatic N) is 2. The fourth-order valence-electron chi connectivity index (χ4n) is 5.35. The first kappa shape index (κ1) is 34.5. The first-order valence-electron chi connectivity index (χ1n) is 15.9. The number of rotatable bonds is 7. The largest absolute Gasteiger partial charge is 0.490 e. The fraction of sp³-hybridized carbons (Fsp3) is 0.417. The van der Waals surface area contributed by atoms with Gasteiger partial charge in [-0.2, -0.15) is 0 Å². The second-order valence-corrected chi connectivity index (χ2v) is 12.0. The molecule has 4 amide bonds. The van der Waals surface area contributed by atoms with Gasteiger partial charge in [0.05, 0.1) is 30.4 Å². The SMILES string of the molecule is C[C@@H]1CN([C@H](C)CO)C(=O)c2cc(NC(=O)c3ccccc3)ccc2O[C@@H](C)CCCCO[C@H]1CN(C)C(=O)Nc1ccccc1. The van der Waals surface area contributed by atoms with E-state index in [1.54, 1.807) is 66.2 Å². The molecule has 10 nitrogen and oxygen atoms in total. The Morgan fingerprint density at radius 1 is 0.978 bits per heavy atom. The maximum Gasteiger partial charge on any atom is 0.321 e. The zero-order valence-corrected chi connectivity index (χ0v) is 27.1. The highest BCUT2D eigenvalue weighted by Gasteiger charge is 2.31. The van der Waals surface area contributed by atoms with Gasteiger partial charge in [0.15, 0.2) is 0 Å². The van der Waals surface area contributed by atoms with Crippen molar-refractivity contribution in [3.63, 3.8) is 0 Å². The lowest BCUT2D eigenvalue weighted by atomic mass is 10.0. The molecule has 0 unspecified atom stereocenters. The second kappa shape index (κ2) is 16.8. The highest BCUT2D eigenvalue weighted by Crippen LogP contribution is 2.29. The van der Waals surface area contributed by atoms with E-state index in [9.17, 15) is 19.5 Å². The molecule has 0 saturated heterocycles. The van der Waals surface area contributed by atoms with Crippen LogP contribution in [0, 0.1) is 5.92 Å². The lowest BCUT2D eigenvalue weighted by molar-refractivity contribution is -0.0115. The maximum absolute atomic E-state index is 14.3. The summed E-state index contributed by atoms with van der Waals surface area (Å²) >= 11 is 0. The van der Waals surface area contributed by atoms with Crippen molar-refractivity contribution in [3.8, 4) is 5.75 Å². The standard InChI is InChI=1S/C36H46N4O6/c1-25-22-40(26(2)24-41)35(43)31-21-30(37-34(42)28-14-7-5-8-15-28)18-19-32(31)46-27(3)13-11-12-20-45-33(25)23-39(4)36(44)38-29-16-9-6-10-17-29/h5-10,14-19,21,25-27,33,41H,11-13,20,22-24H2,1-4H3,(H,37,42)(H,38,44)/t25-,26-,27+,33+/m1/s1. The summed E-state index contributed by atoms with van der Waals surface area (Å²) in [6.45, 7) is 6.55. The molecule has 10 heteroatoms. The number of hydrogen-bond donors (Lipinski definition) is 3. The van der Waals surface area contributed by atoms with Crippen molar-refractivity contribution in [2.75, 3.05) is 44.0 Å². The average Bonchev–Trinajstić information content (AvgIpc) is 3.06. The average molecular weight is 631 g/mol. The molecule has 4 atom stereocenters. The number of para-hydroxylation sites is 1. The number of aliphatic hydroxyl groups is 1. The predicted molar refractivity (Wildman–Crippen MR) is 179 cm³/mol. The molecular formula is C36H46N4O6. The molecule has 3 aromatic carbocycles. The van der Waals surface area contributed by atoms with Crippen LogP contribution in [0.2, 0.25) is 0 Å². The van der Waals surface area contributed by atoms with Gasteiger partial charge in [-0.1, -0.05) is 43.3 Å². The van der Waals surface area contributed by atoms with Crippen LogP contribution in [0.5, 0.6) is 5.75 Å². The van der Waals surface area contributed by atoms with Crippen LogP contribution in [0.15, 0.2) is 78.9 Å². The van der Waals surface area contributed by atoms with E-state index < -0.39 is 6.04 Å². The van der Waals surface area contributed by atoms with Crippen LogP contribution in [0.4, 0.5) is 16.2 Å². The van der Waals surface area contributed by atoms with E-state index in [-0.39, 0.29) is 49.1 Å². The number of ether oxygens (including phenoxy) is 2. The van der Waals surface area contributed by atoms with E-state index in [1.807, 2.05) is 50.2 Å². The van der Waals surface area contributed by atoms with Gasteiger partial charge in [-0.3, -0.25) is 9.59 Å². The van der Waals surface area contributed by atoms with Crippen LogP contribution in [0.3, 0.4) is 0 Å². The van der Waals surface area contributed by atoms with Crippen molar-refractivity contribution in [2.45, 2.75) is 58.3 Å². The number of carbonyl (C=O) groups excluding carboxylic acids is 3. The Hall–Kier alpha value is -4.41. The smallest absolute Gasteiger partial charge is 0.321 e. The maximum atomic E-state index is 14.3. The third-order valence-corrected chi connectivity index (χ3v) is 8.17. The van der Waals surface area contributed by atoms with E-state index in [4.69, 9.17) is 9.47 Å². The molecule has 246 valence electrons. The van der Waals surface area contributed by atoms with E-state index in [2.05, 4.69) is 10.6 Å². The molecule has 0 aromatic heterocycles. The molecule has 3 N–H and O–H groups in total. The number of nitrogens with one attached hydrogen (secondary N) is 2. The van der Waals surface area contributed by atoms with Gasteiger partial charge >= 0.3 is 6.03 Å². The molecule has 0 radical (unpaired) electrons. The monoisotopic (exact) mass is 630 g/mol. The van der Waals surface area contributed by atoms with Gasteiger partial charge in [0.25, 0.3) is 11.8 Å². The number of benzene rings is 3. The van der Waals surface area contributed by atoms with Crippen molar-refractivity contribution in [2.24, 2.45) is 5.92 Å². The third-order valence-electron chi connectivity index (χ3n) is 8.17. The van der Waals surface area contributed by atoms with Crippen LogP contribution in [0.25, 0.3) is 0 Å². The topological polar surface area (TPSA) is 120 Å². The Morgan fingerprint density at radius 2 is 1.67 bits per heavy atom. The minimum atomic E-state index is -0.518. The minimum Gasteiger partial charge on any atom is -0.490 e. The lowest BCUT2D eigenvalue weighted by Gasteiger charge is -2.35. The summed E-state index contributed by atoms with van der Waals surface area (Å²) in [6.07, 6.45) is 1.86. The molecule has 3 aromatic rings. The molecule has 46 heavy (non-hydrogen) atoms. The minimum absolute atomic E-state index is 0.175. The zero-order valence-electron chi connectivity index (χ0n) is 27.1. The molecule has 0 aliphatic carbocycles. The Bertz CT molecular complexity index is 1440. The van der Waals surface area contributed by atoms with E-state index in [1.165, 1.54) is 0 Å². The fourth-order valence-corrected chi connectivity index (χ4v) is 5.35. The molecule has 4 rings (SSSR count). The van der Waals surface area contributed by atoms with Gasteiger partial charge in [-0.25, -0.2) is 4.79 Å². The van der Waals surface area contributed by atoms with Gasteiger partial charge < -0.3 is 35.0 Å². The van der Waals surface area contributed by atoms with Gasteiger partial charge in [-0.15, -0.1) is 0 Å². The van der Waals surface area contributed by atoms with Crippen LogP contribution in [0.1, 0.15) is 60.7 Å². The molecule has 0 saturated carbocycles. The molecule has 0 bridgehead atoms. The van der Waals surface area contributed by atoms with Crippen LogP contribution in [-0.4, -0.2) is 84.4 Å². The zero-order chi connectivity index (χ0) is 33.1. The normalized spacial score (nSPS) is 20.0. The highest BCUT2D eigenvalue weighted by atomic mass is 16.5. The molecule has 1 aliphatic rings. The highest BCUT2D eigenvalue weighted by molar-refractivity contribution is 6.05. The summed E-state index contributed by atoms with van der Waals surface area (Å²) in [4.78, 5) is 43.4. The van der Waals surface area contributed by atoms with Gasteiger partial charge in [0.2, 0.25) is 0 Å². The third kappa shape index (κ3) is 9.55. The number of urea groups is 1. The molecule has 0 fully saturated rings. The Morgan fingerprint density at radius 3 is 2.37 bits per heavy atom. The molecular weight excluding hydrogens is 584 g/mol. The van der Waals surface area contributed by atoms with Crippen molar-refractivity contribution in [3.05, 3.63) is 90.0 Å². The predicted octanol–water partition coefficient (Wildman–Crippen LogP) is 5.90. The summed E-state index contributed by atoms with van der Waals surface area (Å²) in [5.74, 6) is -0.410. The summed E-state index contributed by atoms with van der Waals surface area (Å²) in [5, 5.41) is 16.0. The summed E-state index contributed by atoms with van der Waals surface area (Å²) in [5.41, 5.74) is 1.94.